The standard InChI is InChI=1S/C13H13BrN2O2/c1-8-6-16(7-10(8)13(17)18)12-4-2-3-11(14)9(12)5-15/h2-4,8,10H,6-7H2,1H3,(H,17,18)/t8-,10-/m1/s1. The number of carboxylic acids is 1. The van der Waals surface area contributed by atoms with Crippen LogP contribution in [0, 0.1) is 23.2 Å². The molecular weight excluding hydrogens is 296 g/mol. The van der Waals surface area contributed by atoms with Crippen LogP contribution in [0.25, 0.3) is 0 Å². The van der Waals surface area contributed by atoms with Crippen LogP contribution in [0.5, 0.6) is 0 Å². The Kier molecular flexibility index (Phi) is 3.58. The first kappa shape index (κ1) is 12.9. The number of benzene rings is 1. The van der Waals surface area contributed by atoms with E-state index in [1.807, 2.05) is 30.0 Å². The Hall–Kier alpha value is -1.54. The number of nitrogens with zero attached hydrogens (tertiary/aromatic N) is 2. The van der Waals surface area contributed by atoms with E-state index in [1.165, 1.54) is 0 Å². The van der Waals surface area contributed by atoms with Crippen LogP contribution in [0.1, 0.15) is 12.5 Å². The van der Waals surface area contributed by atoms with E-state index in [1.54, 1.807) is 0 Å². The van der Waals surface area contributed by atoms with E-state index in [-0.39, 0.29) is 11.8 Å². The largest absolute Gasteiger partial charge is 0.481 e. The number of aliphatic carboxylic acids is 1. The van der Waals surface area contributed by atoms with Crippen molar-refractivity contribution in [3.63, 3.8) is 0 Å². The lowest BCUT2D eigenvalue weighted by molar-refractivity contribution is -0.142. The van der Waals surface area contributed by atoms with Gasteiger partial charge in [0.1, 0.15) is 6.07 Å². The Labute approximate surface area is 114 Å². The Balaban J connectivity index is 2.33. The van der Waals surface area contributed by atoms with E-state index in [9.17, 15) is 10.1 Å². The molecule has 4 nitrogen and oxygen atoms in total. The van der Waals surface area contributed by atoms with Crippen molar-refractivity contribution in [2.45, 2.75) is 6.92 Å². The summed E-state index contributed by atoms with van der Waals surface area (Å²) in [5.41, 5.74) is 1.37. The quantitative estimate of drug-likeness (QED) is 0.911. The molecule has 1 N–H and O–H groups in total. The lowest BCUT2D eigenvalue weighted by atomic mass is 9.99. The molecule has 5 heteroatoms. The predicted molar refractivity (Wildman–Crippen MR) is 71.4 cm³/mol. The fourth-order valence-electron chi connectivity index (χ4n) is 2.37. The molecular formula is C13H13BrN2O2. The summed E-state index contributed by atoms with van der Waals surface area (Å²) in [6.07, 6.45) is 0. The smallest absolute Gasteiger partial charge is 0.308 e. The van der Waals surface area contributed by atoms with E-state index in [2.05, 4.69) is 22.0 Å². The summed E-state index contributed by atoms with van der Waals surface area (Å²) in [7, 11) is 0. The fraction of sp³-hybridized carbons (Fsp3) is 0.385. The molecule has 0 radical (unpaired) electrons. The van der Waals surface area contributed by atoms with Crippen molar-refractivity contribution in [1.82, 2.24) is 0 Å². The second kappa shape index (κ2) is 4.99. The fourth-order valence-corrected chi connectivity index (χ4v) is 2.82. The average molecular weight is 309 g/mol. The highest BCUT2D eigenvalue weighted by Crippen LogP contribution is 2.33. The topological polar surface area (TPSA) is 64.3 Å². The maximum absolute atomic E-state index is 11.1. The molecule has 1 aromatic rings. The van der Waals surface area contributed by atoms with E-state index in [0.717, 1.165) is 10.2 Å². The van der Waals surface area contributed by atoms with Gasteiger partial charge in [0.05, 0.1) is 17.2 Å². The van der Waals surface area contributed by atoms with Gasteiger partial charge < -0.3 is 10.0 Å². The molecule has 2 rings (SSSR count). The number of rotatable bonds is 2. The van der Waals surface area contributed by atoms with Gasteiger partial charge >= 0.3 is 5.97 Å². The molecule has 0 unspecified atom stereocenters. The van der Waals surface area contributed by atoms with Crippen molar-refractivity contribution in [3.8, 4) is 6.07 Å². The first-order valence-electron chi connectivity index (χ1n) is 5.71. The first-order chi connectivity index (χ1) is 8.54. The second-order valence-corrected chi connectivity index (χ2v) is 5.43. The van der Waals surface area contributed by atoms with Crippen LogP contribution < -0.4 is 4.90 Å². The lowest BCUT2D eigenvalue weighted by Gasteiger charge is -2.20. The van der Waals surface area contributed by atoms with Crippen molar-refractivity contribution in [1.29, 1.82) is 5.26 Å². The number of nitriles is 1. The molecule has 0 spiro atoms. The Morgan fingerprint density at radius 3 is 2.83 bits per heavy atom. The van der Waals surface area contributed by atoms with Crippen LogP contribution in [0.2, 0.25) is 0 Å². The van der Waals surface area contributed by atoms with Crippen LogP contribution in [0.15, 0.2) is 22.7 Å². The van der Waals surface area contributed by atoms with Gasteiger partial charge in [-0.15, -0.1) is 0 Å². The molecule has 0 saturated carbocycles. The maximum atomic E-state index is 11.1. The highest BCUT2D eigenvalue weighted by atomic mass is 79.9. The van der Waals surface area contributed by atoms with Gasteiger partial charge in [0.15, 0.2) is 0 Å². The Bertz CT molecular complexity index is 524. The average Bonchev–Trinajstić information content (AvgIpc) is 2.71. The molecule has 0 aromatic heterocycles. The summed E-state index contributed by atoms with van der Waals surface area (Å²) in [6, 6.07) is 7.70. The highest BCUT2D eigenvalue weighted by molar-refractivity contribution is 9.10. The summed E-state index contributed by atoms with van der Waals surface area (Å²) in [6.45, 7) is 3.06. The number of carboxylic acid groups (broad SMARTS) is 1. The number of hydrogen-bond acceptors (Lipinski definition) is 3. The number of anilines is 1. The second-order valence-electron chi connectivity index (χ2n) is 4.57. The van der Waals surface area contributed by atoms with Crippen LogP contribution in [0.4, 0.5) is 5.69 Å². The molecule has 1 aliphatic rings. The van der Waals surface area contributed by atoms with Gasteiger partial charge in [-0.2, -0.15) is 5.26 Å². The van der Waals surface area contributed by atoms with Gasteiger partial charge in [-0.1, -0.05) is 13.0 Å². The van der Waals surface area contributed by atoms with Crippen LogP contribution in [-0.2, 0) is 4.79 Å². The predicted octanol–water partition coefficient (Wildman–Crippen LogP) is 2.48. The van der Waals surface area contributed by atoms with Crippen molar-refractivity contribution in [2.24, 2.45) is 11.8 Å². The minimum atomic E-state index is -0.765. The zero-order valence-electron chi connectivity index (χ0n) is 9.93. The number of halogens is 1. The highest BCUT2D eigenvalue weighted by Gasteiger charge is 2.35. The van der Waals surface area contributed by atoms with Crippen LogP contribution in [-0.4, -0.2) is 24.2 Å². The van der Waals surface area contributed by atoms with Gasteiger partial charge in [0.25, 0.3) is 0 Å². The van der Waals surface area contributed by atoms with Crippen molar-refractivity contribution >= 4 is 27.6 Å². The summed E-state index contributed by atoms with van der Waals surface area (Å²) in [5.74, 6) is -1.04. The number of hydrogen-bond donors (Lipinski definition) is 1. The normalized spacial score (nSPS) is 22.8. The van der Waals surface area contributed by atoms with Crippen LogP contribution in [0.3, 0.4) is 0 Å². The minimum Gasteiger partial charge on any atom is -0.481 e. The molecule has 0 amide bonds. The van der Waals surface area contributed by atoms with E-state index >= 15 is 0 Å². The Morgan fingerprint density at radius 2 is 2.28 bits per heavy atom. The van der Waals surface area contributed by atoms with Crippen molar-refractivity contribution in [2.75, 3.05) is 18.0 Å². The van der Waals surface area contributed by atoms with Gasteiger partial charge in [0.2, 0.25) is 0 Å². The SMILES string of the molecule is C[C@@H]1CN(c2cccc(Br)c2C#N)C[C@H]1C(=O)O. The third kappa shape index (κ3) is 2.21. The summed E-state index contributed by atoms with van der Waals surface area (Å²) >= 11 is 3.35. The zero-order chi connectivity index (χ0) is 13.3. The van der Waals surface area contributed by atoms with E-state index < -0.39 is 5.97 Å². The van der Waals surface area contributed by atoms with Crippen LogP contribution >= 0.6 is 15.9 Å². The van der Waals surface area contributed by atoms with Gasteiger partial charge in [-0.3, -0.25) is 4.79 Å². The molecule has 1 saturated heterocycles. The number of carbonyl (C=O) groups is 1. The molecule has 94 valence electrons. The van der Waals surface area contributed by atoms with Gasteiger partial charge in [-0.25, -0.2) is 0 Å². The molecule has 2 atom stereocenters. The summed E-state index contributed by atoms with van der Waals surface area (Å²) in [5, 5.41) is 18.3. The molecule has 1 aliphatic heterocycles. The lowest BCUT2D eigenvalue weighted by Crippen LogP contribution is -2.23. The maximum Gasteiger partial charge on any atom is 0.308 e. The molecule has 1 aromatic carbocycles. The van der Waals surface area contributed by atoms with E-state index in [0.29, 0.717) is 18.7 Å². The van der Waals surface area contributed by atoms with Gasteiger partial charge in [-0.05, 0) is 34.0 Å². The summed E-state index contributed by atoms with van der Waals surface area (Å²) in [4.78, 5) is 13.1. The first-order valence-corrected chi connectivity index (χ1v) is 6.50. The molecule has 0 bridgehead atoms. The van der Waals surface area contributed by atoms with E-state index in [4.69, 9.17) is 5.11 Å². The third-order valence-corrected chi connectivity index (χ3v) is 4.03. The molecule has 0 aliphatic carbocycles. The minimum absolute atomic E-state index is 0.0908. The monoisotopic (exact) mass is 308 g/mol. The van der Waals surface area contributed by atoms with Crippen molar-refractivity contribution in [3.05, 3.63) is 28.2 Å². The zero-order valence-corrected chi connectivity index (χ0v) is 11.5. The Morgan fingerprint density at radius 1 is 1.56 bits per heavy atom. The molecule has 1 heterocycles. The van der Waals surface area contributed by atoms with Gasteiger partial charge in [0, 0.05) is 17.6 Å². The molecule has 18 heavy (non-hydrogen) atoms. The summed E-state index contributed by atoms with van der Waals surface area (Å²) < 4.78 is 0.744. The third-order valence-electron chi connectivity index (χ3n) is 3.37. The van der Waals surface area contributed by atoms with Crippen molar-refractivity contribution < 1.29 is 9.90 Å². The molecule has 1 fully saturated rings.